The first kappa shape index (κ1) is 10.7. The molecule has 0 aromatic heterocycles. The summed E-state index contributed by atoms with van der Waals surface area (Å²) in [6, 6.07) is 10.2. The van der Waals surface area contributed by atoms with Crippen molar-refractivity contribution in [3.05, 3.63) is 42.0 Å². The summed E-state index contributed by atoms with van der Waals surface area (Å²) in [6.07, 6.45) is 5.91. The zero-order chi connectivity index (χ0) is 10.2. The molecule has 0 atom stereocenters. The molecule has 0 saturated carbocycles. The maximum atomic E-state index is 4.27. The third-order valence-corrected chi connectivity index (χ3v) is 1.75. The predicted molar refractivity (Wildman–Crippen MR) is 63.7 cm³/mol. The van der Waals surface area contributed by atoms with Crippen LogP contribution in [-0.2, 0) is 0 Å². The van der Waals surface area contributed by atoms with Gasteiger partial charge >= 0.3 is 0 Å². The maximum absolute atomic E-state index is 4.27. The summed E-state index contributed by atoms with van der Waals surface area (Å²) in [5, 5.41) is 0. The van der Waals surface area contributed by atoms with E-state index < -0.39 is 0 Å². The van der Waals surface area contributed by atoms with E-state index in [2.05, 4.69) is 37.0 Å². The molecule has 0 aliphatic heterocycles. The van der Waals surface area contributed by atoms with Gasteiger partial charge in [0.2, 0.25) is 0 Å². The second kappa shape index (κ2) is 6.14. The number of hydrogen-bond acceptors (Lipinski definition) is 1. The number of benzene rings is 1. The van der Waals surface area contributed by atoms with Crippen molar-refractivity contribution >= 4 is 12.3 Å². The highest BCUT2D eigenvalue weighted by Crippen LogP contribution is 1.99. The van der Waals surface area contributed by atoms with E-state index in [4.69, 9.17) is 0 Å². The normalized spacial score (nSPS) is 11.9. The van der Waals surface area contributed by atoms with Crippen molar-refractivity contribution in [1.82, 2.24) is 0 Å². The zero-order valence-corrected chi connectivity index (χ0v) is 8.85. The van der Waals surface area contributed by atoms with Gasteiger partial charge in [-0.3, -0.25) is 4.99 Å². The Morgan fingerprint density at radius 2 is 1.93 bits per heavy atom. The minimum atomic E-state index is 0.636. The molecule has 74 valence electrons. The molecule has 0 N–H and O–H groups in total. The molecule has 0 heterocycles. The molecule has 0 saturated heterocycles. The summed E-state index contributed by atoms with van der Waals surface area (Å²) in [6.45, 7) is 5.23. The number of allylic oxidation sites excluding steroid dienone is 1. The van der Waals surface area contributed by atoms with Gasteiger partial charge in [0.05, 0.1) is 0 Å². The number of nitrogens with zero attached hydrogens (tertiary/aromatic N) is 1. The Morgan fingerprint density at radius 1 is 1.21 bits per heavy atom. The van der Waals surface area contributed by atoms with Crippen molar-refractivity contribution in [2.75, 3.05) is 6.54 Å². The van der Waals surface area contributed by atoms with E-state index in [9.17, 15) is 0 Å². The van der Waals surface area contributed by atoms with Crippen LogP contribution in [0, 0.1) is 5.92 Å². The summed E-state index contributed by atoms with van der Waals surface area (Å²) in [4.78, 5) is 4.27. The summed E-state index contributed by atoms with van der Waals surface area (Å²) in [5.41, 5.74) is 1.21. The average Bonchev–Trinajstić information content (AvgIpc) is 2.18. The van der Waals surface area contributed by atoms with Crippen molar-refractivity contribution in [3.63, 3.8) is 0 Å². The van der Waals surface area contributed by atoms with Gasteiger partial charge in [0.1, 0.15) is 0 Å². The fourth-order valence-electron chi connectivity index (χ4n) is 1.05. The lowest BCUT2D eigenvalue weighted by Gasteiger charge is -1.94. The van der Waals surface area contributed by atoms with Crippen LogP contribution in [0.5, 0.6) is 0 Å². The van der Waals surface area contributed by atoms with Crippen LogP contribution in [0.25, 0.3) is 6.08 Å². The Kier molecular flexibility index (Phi) is 4.70. The van der Waals surface area contributed by atoms with Gasteiger partial charge in [0, 0.05) is 12.8 Å². The first-order valence-corrected chi connectivity index (χ1v) is 5.00. The molecule has 0 unspecified atom stereocenters. The third-order valence-electron chi connectivity index (χ3n) is 1.75. The Bertz CT molecular complexity index is 296. The fraction of sp³-hybridized carbons (Fsp3) is 0.308. The number of hydrogen-bond donors (Lipinski definition) is 0. The highest BCUT2D eigenvalue weighted by Gasteiger charge is 1.86. The smallest absolute Gasteiger partial charge is 0.0412 e. The lowest BCUT2D eigenvalue weighted by atomic mass is 10.2. The molecule has 0 spiro atoms. The molecule has 1 aromatic carbocycles. The highest BCUT2D eigenvalue weighted by atomic mass is 14.7. The van der Waals surface area contributed by atoms with Crippen molar-refractivity contribution in [3.8, 4) is 0 Å². The van der Waals surface area contributed by atoms with E-state index in [0.29, 0.717) is 5.92 Å². The summed E-state index contributed by atoms with van der Waals surface area (Å²) < 4.78 is 0. The Labute approximate surface area is 86.2 Å². The summed E-state index contributed by atoms with van der Waals surface area (Å²) >= 11 is 0. The molecule has 0 amide bonds. The first-order valence-electron chi connectivity index (χ1n) is 5.00. The molecule has 1 nitrogen and oxygen atoms in total. The van der Waals surface area contributed by atoms with Crippen LogP contribution in [0.2, 0.25) is 0 Å². The van der Waals surface area contributed by atoms with Crippen LogP contribution in [0.15, 0.2) is 41.4 Å². The molecule has 1 heteroatoms. The van der Waals surface area contributed by atoms with E-state index >= 15 is 0 Å². The van der Waals surface area contributed by atoms with Gasteiger partial charge in [-0.05, 0) is 17.6 Å². The van der Waals surface area contributed by atoms with E-state index in [1.54, 1.807) is 0 Å². The van der Waals surface area contributed by atoms with E-state index in [-0.39, 0.29) is 0 Å². The molecular weight excluding hydrogens is 170 g/mol. The van der Waals surface area contributed by atoms with Gasteiger partial charge < -0.3 is 0 Å². The fourth-order valence-corrected chi connectivity index (χ4v) is 1.05. The number of aliphatic imine (C=N–C) groups is 1. The molecule has 1 aromatic rings. The average molecular weight is 187 g/mol. The molecular formula is C13H17N. The van der Waals surface area contributed by atoms with Gasteiger partial charge in [0.25, 0.3) is 0 Å². The second-order valence-electron chi connectivity index (χ2n) is 3.68. The van der Waals surface area contributed by atoms with Crippen LogP contribution in [0.3, 0.4) is 0 Å². The molecule has 0 aliphatic rings. The monoisotopic (exact) mass is 187 g/mol. The first-order chi connectivity index (χ1) is 6.79. The Hall–Kier alpha value is -1.37. The van der Waals surface area contributed by atoms with E-state index in [0.717, 1.165) is 6.54 Å². The van der Waals surface area contributed by atoms with Gasteiger partial charge in [0.15, 0.2) is 0 Å². The second-order valence-corrected chi connectivity index (χ2v) is 3.68. The van der Waals surface area contributed by atoms with Crippen LogP contribution in [0.1, 0.15) is 19.4 Å². The quantitative estimate of drug-likeness (QED) is 0.640. The zero-order valence-electron chi connectivity index (χ0n) is 8.85. The van der Waals surface area contributed by atoms with Gasteiger partial charge in [-0.2, -0.15) is 0 Å². The third kappa shape index (κ3) is 4.61. The van der Waals surface area contributed by atoms with Crippen molar-refractivity contribution < 1.29 is 0 Å². The van der Waals surface area contributed by atoms with E-state index in [1.165, 1.54) is 5.56 Å². The van der Waals surface area contributed by atoms with Crippen molar-refractivity contribution in [2.24, 2.45) is 10.9 Å². The van der Waals surface area contributed by atoms with Crippen LogP contribution >= 0.6 is 0 Å². The standard InChI is InChI=1S/C13H17N/c1-12(2)11-14-10-6-9-13-7-4-3-5-8-13/h3-10,12H,11H2,1-2H3/b9-6+,14-10?. The predicted octanol–water partition coefficient (Wildman–Crippen LogP) is 3.43. The van der Waals surface area contributed by atoms with Gasteiger partial charge in [-0.25, -0.2) is 0 Å². The van der Waals surface area contributed by atoms with Gasteiger partial charge in [-0.1, -0.05) is 50.3 Å². The maximum Gasteiger partial charge on any atom is 0.0412 e. The molecule has 0 fully saturated rings. The SMILES string of the molecule is CC(C)CN=C/C=C/c1ccccc1. The van der Waals surface area contributed by atoms with Crippen LogP contribution < -0.4 is 0 Å². The lowest BCUT2D eigenvalue weighted by molar-refractivity contribution is 0.667. The molecule has 0 aliphatic carbocycles. The number of rotatable bonds is 4. The molecule has 0 bridgehead atoms. The topological polar surface area (TPSA) is 12.4 Å². The highest BCUT2D eigenvalue weighted by molar-refractivity contribution is 5.78. The largest absolute Gasteiger partial charge is 0.293 e. The Balaban J connectivity index is 2.38. The minimum absolute atomic E-state index is 0.636. The molecule has 1 rings (SSSR count). The summed E-state index contributed by atoms with van der Waals surface area (Å²) in [7, 11) is 0. The Morgan fingerprint density at radius 3 is 2.57 bits per heavy atom. The lowest BCUT2D eigenvalue weighted by Crippen LogP contribution is -1.90. The van der Waals surface area contributed by atoms with E-state index in [1.807, 2.05) is 30.5 Å². The van der Waals surface area contributed by atoms with Crippen LogP contribution in [0.4, 0.5) is 0 Å². The van der Waals surface area contributed by atoms with Crippen molar-refractivity contribution in [2.45, 2.75) is 13.8 Å². The summed E-state index contributed by atoms with van der Waals surface area (Å²) in [5.74, 6) is 0.636. The molecule has 14 heavy (non-hydrogen) atoms. The van der Waals surface area contributed by atoms with Gasteiger partial charge in [-0.15, -0.1) is 0 Å². The molecule has 0 radical (unpaired) electrons. The minimum Gasteiger partial charge on any atom is -0.293 e. The van der Waals surface area contributed by atoms with Crippen LogP contribution in [-0.4, -0.2) is 12.8 Å². The van der Waals surface area contributed by atoms with Crippen molar-refractivity contribution in [1.29, 1.82) is 0 Å².